The van der Waals surface area contributed by atoms with Gasteiger partial charge in [0.1, 0.15) is 35.0 Å². The third kappa shape index (κ3) is 10.2. The molecule has 324 valence electrons. The Hall–Kier alpha value is -5.96. The molecule has 5 aromatic rings. The standard InChI is InChI=1S/C47H54ClN9O5/c1-61-41-16-13-33(28-40(41)57-21-9-19-49-32-57)47(60)56-26-24-54(25-27-56)20-8-3-2-7-12-42(58)55-22-17-34(18-23-55)53-46-43-38(30-50-45(43)51-31-52-46)44(59)37-15-14-36(29-39(37)48)62-35-10-5-4-6-11-35/h4-6,9-11,13-16,21,28-31,34,49H,2-3,7-8,12,17-20,22-27,32H2,1H3,(H2,50,51,52,53). The molecule has 0 unspecified atom stereocenters. The van der Waals surface area contributed by atoms with Gasteiger partial charge in [0, 0.05) is 87.9 Å². The van der Waals surface area contributed by atoms with Crippen LogP contribution in [-0.4, -0.2) is 119 Å². The number of fused-ring (bicyclic) bond motifs is 1. The molecule has 0 atom stereocenters. The predicted octanol–water partition coefficient (Wildman–Crippen LogP) is 7.34. The number of hydrogen-bond donors (Lipinski definition) is 3. The van der Waals surface area contributed by atoms with Gasteiger partial charge >= 0.3 is 0 Å². The molecule has 0 bridgehead atoms. The van der Waals surface area contributed by atoms with Crippen LogP contribution in [0, 0.1) is 0 Å². The molecule has 2 aromatic heterocycles. The lowest BCUT2D eigenvalue weighted by Gasteiger charge is -2.35. The zero-order valence-corrected chi connectivity index (χ0v) is 35.9. The number of carbonyl (C=O) groups excluding carboxylic acids is 3. The number of nitrogens with zero attached hydrogens (tertiary/aromatic N) is 6. The largest absolute Gasteiger partial charge is 0.495 e. The van der Waals surface area contributed by atoms with Crippen molar-refractivity contribution < 1.29 is 23.9 Å². The van der Waals surface area contributed by atoms with E-state index in [4.69, 9.17) is 21.1 Å². The van der Waals surface area contributed by atoms with Crippen LogP contribution in [0.4, 0.5) is 11.5 Å². The maximum Gasteiger partial charge on any atom is 0.254 e. The number of unbranched alkanes of at least 4 members (excludes halogenated alkanes) is 3. The van der Waals surface area contributed by atoms with E-state index in [1.165, 1.54) is 6.33 Å². The molecular weight excluding hydrogens is 806 g/mol. The summed E-state index contributed by atoms with van der Waals surface area (Å²) < 4.78 is 11.5. The second kappa shape index (κ2) is 20.3. The highest BCUT2D eigenvalue weighted by atomic mass is 35.5. The molecule has 8 rings (SSSR count). The Morgan fingerprint density at radius 1 is 0.855 bits per heavy atom. The molecule has 15 heteroatoms. The van der Waals surface area contributed by atoms with Gasteiger partial charge in [0.05, 0.1) is 35.4 Å². The number of aromatic nitrogens is 3. The summed E-state index contributed by atoms with van der Waals surface area (Å²) in [5.74, 6) is 2.53. The summed E-state index contributed by atoms with van der Waals surface area (Å²) in [5.41, 5.74) is 2.88. The smallest absolute Gasteiger partial charge is 0.254 e. The van der Waals surface area contributed by atoms with Gasteiger partial charge in [-0.2, -0.15) is 0 Å². The topological polar surface area (TPSA) is 148 Å². The molecule has 0 spiro atoms. The van der Waals surface area contributed by atoms with Crippen molar-refractivity contribution in [3.63, 3.8) is 0 Å². The summed E-state index contributed by atoms with van der Waals surface area (Å²) in [5, 5.41) is 7.76. The van der Waals surface area contributed by atoms with Crippen molar-refractivity contribution in [2.75, 3.05) is 76.4 Å². The number of methoxy groups -OCH3 is 1. The Kier molecular flexibility index (Phi) is 14.0. The van der Waals surface area contributed by atoms with Crippen LogP contribution in [0.3, 0.4) is 0 Å². The van der Waals surface area contributed by atoms with Gasteiger partial charge in [-0.1, -0.05) is 48.7 Å². The molecule has 0 saturated carbocycles. The molecule has 3 N–H and O–H groups in total. The highest BCUT2D eigenvalue weighted by Gasteiger charge is 2.27. The first-order chi connectivity index (χ1) is 30.3. The lowest BCUT2D eigenvalue weighted by molar-refractivity contribution is -0.132. The Morgan fingerprint density at radius 2 is 1.66 bits per heavy atom. The molecule has 2 fully saturated rings. The van der Waals surface area contributed by atoms with E-state index in [-0.39, 0.29) is 28.7 Å². The second-order valence-corrected chi connectivity index (χ2v) is 16.4. The number of carbonyl (C=O) groups is 3. The average Bonchev–Trinajstić information content (AvgIpc) is 3.76. The normalized spacial score (nSPS) is 16.1. The van der Waals surface area contributed by atoms with Crippen molar-refractivity contribution in [3.05, 3.63) is 113 Å². The minimum absolute atomic E-state index is 0.0546. The molecule has 5 heterocycles. The first-order valence-corrected chi connectivity index (χ1v) is 22.0. The van der Waals surface area contributed by atoms with Crippen molar-refractivity contribution in [2.24, 2.45) is 0 Å². The monoisotopic (exact) mass is 859 g/mol. The van der Waals surface area contributed by atoms with Crippen LogP contribution in [0.2, 0.25) is 5.02 Å². The highest BCUT2D eigenvalue weighted by molar-refractivity contribution is 6.35. The lowest BCUT2D eigenvalue weighted by atomic mass is 10.0. The van der Waals surface area contributed by atoms with Gasteiger partial charge in [0.15, 0.2) is 5.78 Å². The van der Waals surface area contributed by atoms with Crippen LogP contribution in [0.5, 0.6) is 17.2 Å². The van der Waals surface area contributed by atoms with E-state index < -0.39 is 0 Å². The van der Waals surface area contributed by atoms with Crippen molar-refractivity contribution in [3.8, 4) is 17.2 Å². The van der Waals surface area contributed by atoms with Crippen LogP contribution in [0.25, 0.3) is 11.0 Å². The van der Waals surface area contributed by atoms with Gasteiger partial charge in [0.2, 0.25) is 5.91 Å². The fraction of sp³-hybridized carbons (Fsp3) is 0.383. The van der Waals surface area contributed by atoms with E-state index >= 15 is 0 Å². The zero-order chi connectivity index (χ0) is 42.8. The van der Waals surface area contributed by atoms with E-state index in [0.29, 0.717) is 84.3 Å². The van der Waals surface area contributed by atoms with Crippen molar-refractivity contribution in [2.45, 2.75) is 51.0 Å². The summed E-state index contributed by atoms with van der Waals surface area (Å²) in [6, 6.07) is 20.2. The molecule has 0 aliphatic carbocycles. The number of piperidine rings is 1. The predicted molar refractivity (Wildman–Crippen MR) is 241 cm³/mol. The number of nitrogens with one attached hydrogen (secondary N) is 3. The fourth-order valence-electron chi connectivity index (χ4n) is 8.43. The summed E-state index contributed by atoms with van der Waals surface area (Å²) in [7, 11) is 1.65. The summed E-state index contributed by atoms with van der Waals surface area (Å²) in [6.07, 6.45) is 13.3. The van der Waals surface area contributed by atoms with E-state index in [9.17, 15) is 14.4 Å². The number of ether oxygens (including phenoxy) is 2. The highest BCUT2D eigenvalue weighted by Crippen LogP contribution is 2.33. The number of halogens is 1. The molecule has 0 radical (unpaired) electrons. The SMILES string of the molecule is COc1ccc(C(=O)N2CCN(CCCCCCC(=O)N3CCC(Nc4ncnc5[nH]cc(C(=O)c6ccc(Oc7ccccc7)cc6Cl)c45)CC3)CC2)cc1N1C=CCNC1. The molecule has 3 aliphatic heterocycles. The molecule has 3 aromatic carbocycles. The van der Waals surface area contributed by atoms with Crippen LogP contribution < -0.4 is 25.0 Å². The number of benzene rings is 3. The van der Waals surface area contributed by atoms with Gasteiger partial charge in [0.25, 0.3) is 5.91 Å². The molecular formula is C47H54ClN9O5. The third-order valence-electron chi connectivity index (χ3n) is 11.9. The maximum atomic E-state index is 13.8. The number of piperazine rings is 1. The fourth-order valence-corrected chi connectivity index (χ4v) is 8.68. The van der Waals surface area contributed by atoms with Crippen LogP contribution in [-0.2, 0) is 4.79 Å². The number of para-hydroxylation sites is 1. The summed E-state index contributed by atoms with van der Waals surface area (Å²) >= 11 is 6.62. The summed E-state index contributed by atoms with van der Waals surface area (Å²) in [4.78, 5) is 60.9. The number of aromatic amines is 1. The maximum absolute atomic E-state index is 13.8. The molecule has 62 heavy (non-hydrogen) atoms. The van der Waals surface area contributed by atoms with E-state index in [2.05, 4.69) is 41.5 Å². The Balaban J connectivity index is 0.739. The number of ketones is 1. The van der Waals surface area contributed by atoms with Crippen LogP contribution in [0.1, 0.15) is 71.2 Å². The first-order valence-electron chi connectivity index (χ1n) is 21.6. The number of H-pyrrole nitrogens is 1. The quantitative estimate of drug-likeness (QED) is 0.0677. The number of likely N-dealkylation sites (tertiary alicyclic amines) is 1. The summed E-state index contributed by atoms with van der Waals surface area (Å²) in [6.45, 7) is 6.95. The van der Waals surface area contributed by atoms with E-state index in [1.54, 1.807) is 31.5 Å². The number of rotatable bonds is 16. The minimum atomic E-state index is -0.249. The average molecular weight is 860 g/mol. The van der Waals surface area contributed by atoms with Gasteiger partial charge in [-0.05, 0) is 74.7 Å². The molecule has 3 aliphatic rings. The number of anilines is 2. The minimum Gasteiger partial charge on any atom is -0.495 e. The van der Waals surface area contributed by atoms with E-state index in [1.807, 2.05) is 64.5 Å². The van der Waals surface area contributed by atoms with Gasteiger partial charge in [-0.15, -0.1) is 0 Å². The van der Waals surface area contributed by atoms with Crippen molar-refractivity contribution >= 4 is 51.7 Å². The Bertz CT molecular complexity index is 2370. The van der Waals surface area contributed by atoms with E-state index in [0.717, 1.165) is 76.1 Å². The third-order valence-corrected chi connectivity index (χ3v) is 12.2. The molecule has 2 saturated heterocycles. The van der Waals surface area contributed by atoms with Crippen LogP contribution >= 0.6 is 11.6 Å². The number of hydrogen-bond acceptors (Lipinski definition) is 11. The Morgan fingerprint density at radius 3 is 2.42 bits per heavy atom. The van der Waals surface area contributed by atoms with Gasteiger partial charge in [-0.25, -0.2) is 9.97 Å². The van der Waals surface area contributed by atoms with Gasteiger partial charge in [-0.3, -0.25) is 24.6 Å². The molecule has 2 amide bonds. The first kappa shape index (κ1) is 42.7. The second-order valence-electron chi connectivity index (χ2n) is 16.0. The van der Waals surface area contributed by atoms with Crippen molar-refractivity contribution in [1.82, 2.24) is 35.0 Å². The lowest BCUT2D eigenvalue weighted by Crippen LogP contribution is -2.48. The Labute approximate surface area is 367 Å². The van der Waals surface area contributed by atoms with Crippen LogP contribution in [0.15, 0.2) is 91.5 Å². The zero-order valence-electron chi connectivity index (χ0n) is 35.2. The number of amides is 2. The van der Waals surface area contributed by atoms with Crippen molar-refractivity contribution in [1.29, 1.82) is 0 Å². The molecule has 14 nitrogen and oxygen atoms in total. The van der Waals surface area contributed by atoms with Gasteiger partial charge < -0.3 is 34.5 Å².